The van der Waals surface area contributed by atoms with Gasteiger partial charge in [-0.25, -0.2) is 0 Å². The summed E-state index contributed by atoms with van der Waals surface area (Å²) in [5.74, 6) is 2.27. The summed E-state index contributed by atoms with van der Waals surface area (Å²) in [6.07, 6.45) is 7.40. The number of ether oxygens (including phenoxy) is 3. The highest BCUT2D eigenvalue weighted by Crippen LogP contribution is 2.40. The summed E-state index contributed by atoms with van der Waals surface area (Å²) in [7, 11) is 3.31. The van der Waals surface area contributed by atoms with Gasteiger partial charge in [-0.1, -0.05) is 38.7 Å². The molecule has 0 aliphatic rings. The van der Waals surface area contributed by atoms with Gasteiger partial charge in [0.25, 0.3) is 0 Å². The molecular formula is C17H28O3. The third kappa shape index (κ3) is 4.62. The predicted octanol–water partition coefficient (Wildman–Crippen LogP) is 4.62. The van der Waals surface area contributed by atoms with Crippen LogP contribution >= 0.6 is 0 Å². The third-order valence-corrected chi connectivity index (χ3v) is 3.42. The second-order valence-corrected chi connectivity index (χ2v) is 4.89. The van der Waals surface area contributed by atoms with Crippen LogP contribution in [0.3, 0.4) is 0 Å². The maximum Gasteiger partial charge on any atom is 0.203 e. The van der Waals surface area contributed by atoms with E-state index in [9.17, 15) is 0 Å². The van der Waals surface area contributed by atoms with Crippen molar-refractivity contribution in [2.24, 2.45) is 0 Å². The van der Waals surface area contributed by atoms with Crippen molar-refractivity contribution < 1.29 is 14.2 Å². The Hall–Kier alpha value is -1.38. The molecule has 0 unspecified atom stereocenters. The lowest BCUT2D eigenvalue weighted by Gasteiger charge is -2.16. The molecule has 3 nitrogen and oxygen atoms in total. The first-order valence-corrected chi connectivity index (χ1v) is 7.65. The summed E-state index contributed by atoms with van der Waals surface area (Å²) in [4.78, 5) is 0. The van der Waals surface area contributed by atoms with Gasteiger partial charge in [-0.3, -0.25) is 0 Å². The maximum atomic E-state index is 5.77. The molecule has 0 heterocycles. The van der Waals surface area contributed by atoms with Crippen molar-refractivity contribution >= 4 is 0 Å². The molecule has 0 N–H and O–H groups in total. The first-order valence-electron chi connectivity index (χ1n) is 7.65. The molecule has 0 aromatic heterocycles. The molecule has 0 aliphatic heterocycles. The Bertz CT molecular complexity index is 388. The van der Waals surface area contributed by atoms with Crippen LogP contribution in [0, 0.1) is 0 Å². The summed E-state index contributed by atoms with van der Waals surface area (Å²) in [6, 6.07) is 4.05. The molecular weight excluding hydrogens is 252 g/mol. The number of unbranched alkanes of at least 4 members (excludes halogenated alkanes) is 4. The van der Waals surface area contributed by atoms with E-state index in [0.717, 1.165) is 17.9 Å². The Kier molecular flexibility index (Phi) is 7.93. The Balaban J connectivity index is 2.78. The molecule has 0 atom stereocenters. The fraction of sp³-hybridized carbons (Fsp3) is 0.647. The van der Waals surface area contributed by atoms with Crippen molar-refractivity contribution in [2.75, 3.05) is 20.8 Å². The van der Waals surface area contributed by atoms with Crippen LogP contribution in [-0.2, 0) is 6.42 Å². The van der Waals surface area contributed by atoms with Crippen LogP contribution in [-0.4, -0.2) is 20.8 Å². The standard InChI is InChI=1S/C17H28O3/c1-5-7-8-9-10-11-14-12-13-15(18-3)17(19-4)16(14)20-6-2/h12-13H,5-11H2,1-4H3. The van der Waals surface area contributed by atoms with Crippen LogP contribution in [0.2, 0.25) is 0 Å². The van der Waals surface area contributed by atoms with Crippen molar-refractivity contribution in [1.82, 2.24) is 0 Å². The van der Waals surface area contributed by atoms with Crippen molar-refractivity contribution in [1.29, 1.82) is 0 Å². The van der Waals surface area contributed by atoms with E-state index in [0.29, 0.717) is 12.4 Å². The third-order valence-electron chi connectivity index (χ3n) is 3.42. The van der Waals surface area contributed by atoms with Crippen molar-refractivity contribution in [3.05, 3.63) is 17.7 Å². The molecule has 0 saturated heterocycles. The normalized spacial score (nSPS) is 10.4. The van der Waals surface area contributed by atoms with E-state index in [1.165, 1.54) is 37.7 Å². The minimum absolute atomic E-state index is 0.631. The molecule has 3 heteroatoms. The molecule has 0 fully saturated rings. The Labute approximate surface area is 123 Å². The Morgan fingerprint density at radius 2 is 1.60 bits per heavy atom. The minimum atomic E-state index is 0.631. The highest BCUT2D eigenvalue weighted by Gasteiger charge is 2.15. The van der Waals surface area contributed by atoms with E-state index in [1.54, 1.807) is 14.2 Å². The molecule has 0 saturated carbocycles. The summed E-state index contributed by atoms with van der Waals surface area (Å²) in [5, 5.41) is 0. The van der Waals surface area contributed by atoms with E-state index < -0.39 is 0 Å². The first kappa shape index (κ1) is 16.7. The number of hydrogen-bond donors (Lipinski definition) is 0. The van der Waals surface area contributed by atoms with Gasteiger partial charge in [0.05, 0.1) is 20.8 Å². The molecule has 0 bridgehead atoms. The van der Waals surface area contributed by atoms with Gasteiger partial charge in [0.15, 0.2) is 11.5 Å². The SMILES string of the molecule is CCCCCCCc1ccc(OC)c(OC)c1OCC. The van der Waals surface area contributed by atoms with Crippen LogP contribution < -0.4 is 14.2 Å². The highest BCUT2D eigenvalue weighted by molar-refractivity contribution is 5.55. The molecule has 1 aromatic rings. The average Bonchev–Trinajstić information content (AvgIpc) is 2.48. The average molecular weight is 280 g/mol. The quantitative estimate of drug-likeness (QED) is 0.585. The van der Waals surface area contributed by atoms with E-state index in [4.69, 9.17) is 14.2 Å². The minimum Gasteiger partial charge on any atom is -0.493 e. The Morgan fingerprint density at radius 3 is 2.20 bits per heavy atom. The van der Waals surface area contributed by atoms with Gasteiger partial charge in [0.2, 0.25) is 5.75 Å². The monoisotopic (exact) mass is 280 g/mol. The van der Waals surface area contributed by atoms with Crippen LogP contribution in [0.25, 0.3) is 0 Å². The van der Waals surface area contributed by atoms with Crippen LogP contribution in [0.15, 0.2) is 12.1 Å². The number of rotatable bonds is 10. The molecule has 20 heavy (non-hydrogen) atoms. The van der Waals surface area contributed by atoms with Gasteiger partial charge < -0.3 is 14.2 Å². The van der Waals surface area contributed by atoms with E-state index in [1.807, 2.05) is 13.0 Å². The van der Waals surface area contributed by atoms with Crippen molar-refractivity contribution in [3.8, 4) is 17.2 Å². The van der Waals surface area contributed by atoms with Crippen LogP contribution in [0.4, 0.5) is 0 Å². The van der Waals surface area contributed by atoms with Gasteiger partial charge >= 0.3 is 0 Å². The lowest BCUT2D eigenvalue weighted by Crippen LogP contribution is -2.02. The second kappa shape index (κ2) is 9.51. The molecule has 1 aromatic carbocycles. The van der Waals surface area contributed by atoms with Gasteiger partial charge in [-0.15, -0.1) is 0 Å². The van der Waals surface area contributed by atoms with Crippen molar-refractivity contribution in [2.45, 2.75) is 52.4 Å². The first-order chi connectivity index (χ1) is 9.78. The summed E-state index contributed by atoms with van der Waals surface area (Å²) < 4.78 is 16.6. The molecule has 1 rings (SSSR count). The maximum absolute atomic E-state index is 5.77. The van der Waals surface area contributed by atoms with Crippen LogP contribution in [0.5, 0.6) is 17.2 Å². The fourth-order valence-electron chi connectivity index (χ4n) is 2.36. The van der Waals surface area contributed by atoms with Gasteiger partial charge in [0.1, 0.15) is 0 Å². The molecule has 0 radical (unpaired) electrons. The predicted molar refractivity (Wildman–Crippen MR) is 83.2 cm³/mol. The molecule has 0 amide bonds. The summed E-state index contributed by atoms with van der Waals surface area (Å²) >= 11 is 0. The summed E-state index contributed by atoms with van der Waals surface area (Å²) in [5.41, 5.74) is 1.21. The van der Waals surface area contributed by atoms with Gasteiger partial charge in [0, 0.05) is 0 Å². The smallest absolute Gasteiger partial charge is 0.203 e. The van der Waals surface area contributed by atoms with Gasteiger partial charge in [-0.2, -0.15) is 0 Å². The lowest BCUT2D eigenvalue weighted by atomic mass is 10.0. The zero-order valence-corrected chi connectivity index (χ0v) is 13.3. The highest BCUT2D eigenvalue weighted by atomic mass is 16.5. The fourth-order valence-corrected chi connectivity index (χ4v) is 2.36. The van der Waals surface area contributed by atoms with Gasteiger partial charge in [-0.05, 0) is 31.4 Å². The van der Waals surface area contributed by atoms with E-state index in [2.05, 4.69) is 13.0 Å². The topological polar surface area (TPSA) is 27.7 Å². The van der Waals surface area contributed by atoms with Crippen LogP contribution in [0.1, 0.15) is 51.5 Å². The van der Waals surface area contributed by atoms with Crippen molar-refractivity contribution in [3.63, 3.8) is 0 Å². The largest absolute Gasteiger partial charge is 0.493 e. The zero-order valence-electron chi connectivity index (χ0n) is 13.3. The lowest BCUT2D eigenvalue weighted by molar-refractivity contribution is 0.293. The summed E-state index contributed by atoms with van der Waals surface area (Å²) in [6.45, 7) is 4.86. The van der Waals surface area contributed by atoms with E-state index in [-0.39, 0.29) is 0 Å². The molecule has 0 spiro atoms. The van der Waals surface area contributed by atoms with E-state index >= 15 is 0 Å². The molecule has 114 valence electrons. The number of methoxy groups -OCH3 is 2. The zero-order chi connectivity index (χ0) is 14.8. The Morgan fingerprint density at radius 1 is 0.850 bits per heavy atom. The molecule has 0 aliphatic carbocycles. The number of hydrogen-bond acceptors (Lipinski definition) is 3. The second-order valence-electron chi connectivity index (χ2n) is 4.89. The number of aryl methyl sites for hydroxylation is 1. The number of benzene rings is 1.